The molecule has 0 radical (unpaired) electrons. The van der Waals surface area contributed by atoms with Gasteiger partial charge in [0.05, 0.1) is 11.6 Å². The second-order valence-corrected chi connectivity index (χ2v) is 3.33. The van der Waals surface area contributed by atoms with Crippen molar-refractivity contribution < 1.29 is 0 Å². The summed E-state index contributed by atoms with van der Waals surface area (Å²) < 4.78 is 0. The first kappa shape index (κ1) is 8.57. The maximum atomic E-state index is 5.78. The molecule has 1 aliphatic rings. The van der Waals surface area contributed by atoms with Crippen LogP contribution in [0.2, 0.25) is 0 Å². The van der Waals surface area contributed by atoms with Crippen LogP contribution < -0.4 is 5.43 Å². The van der Waals surface area contributed by atoms with Crippen LogP contribution >= 0.6 is 11.6 Å². The lowest BCUT2D eigenvalue weighted by atomic mass is 9.96. The Kier molecular flexibility index (Phi) is 2.50. The monoisotopic (exact) mass is 194 g/mol. The number of halogens is 1. The Balaban J connectivity index is 2.23. The first-order valence-corrected chi connectivity index (χ1v) is 4.85. The van der Waals surface area contributed by atoms with Crippen molar-refractivity contribution in [2.75, 3.05) is 12.4 Å². The van der Waals surface area contributed by atoms with Gasteiger partial charge in [-0.25, -0.2) is 0 Å². The molecular weight excluding hydrogens is 184 g/mol. The van der Waals surface area contributed by atoms with Crippen LogP contribution in [-0.4, -0.2) is 18.1 Å². The molecule has 1 heterocycles. The minimum absolute atomic E-state index is 0.360. The number of benzene rings is 1. The van der Waals surface area contributed by atoms with Gasteiger partial charge in [-0.15, -0.1) is 11.6 Å². The van der Waals surface area contributed by atoms with Crippen LogP contribution in [0.4, 0.5) is 0 Å². The fraction of sp³-hybridized carbons (Fsp3) is 0.300. The summed E-state index contributed by atoms with van der Waals surface area (Å²) in [5.74, 6) is 0.866. The third kappa shape index (κ3) is 1.68. The van der Waals surface area contributed by atoms with Gasteiger partial charge >= 0.3 is 0 Å². The molecular formula is C10H11ClN2. The molecule has 2 nitrogen and oxygen atoms in total. The highest BCUT2D eigenvalue weighted by molar-refractivity contribution is 6.29. The number of alkyl halides is 1. The van der Waals surface area contributed by atoms with Gasteiger partial charge in [0.25, 0.3) is 0 Å². The quantitative estimate of drug-likeness (QED) is 0.716. The molecule has 1 aliphatic heterocycles. The molecule has 1 N–H and O–H groups in total. The van der Waals surface area contributed by atoms with Crippen LogP contribution in [0.3, 0.4) is 0 Å². The van der Waals surface area contributed by atoms with E-state index in [0.717, 1.165) is 12.3 Å². The Hall–Kier alpha value is -1.02. The predicted molar refractivity (Wildman–Crippen MR) is 55.3 cm³/mol. The van der Waals surface area contributed by atoms with Gasteiger partial charge in [-0.05, 0) is 5.56 Å². The second kappa shape index (κ2) is 3.79. The minimum atomic E-state index is 0.360. The number of nitrogens with zero attached hydrogens (tertiary/aromatic N) is 1. The zero-order chi connectivity index (χ0) is 9.10. The molecule has 0 saturated heterocycles. The summed E-state index contributed by atoms with van der Waals surface area (Å²) in [7, 11) is 0. The van der Waals surface area contributed by atoms with Crippen molar-refractivity contribution in [2.24, 2.45) is 5.10 Å². The van der Waals surface area contributed by atoms with Gasteiger partial charge in [0.15, 0.2) is 0 Å². The largest absolute Gasteiger partial charge is 0.309 e. The Labute approximate surface area is 82.6 Å². The summed E-state index contributed by atoms with van der Waals surface area (Å²) in [5, 5.41) is 4.15. The zero-order valence-corrected chi connectivity index (χ0v) is 7.96. The first-order valence-electron chi connectivity index (χ1n) is 4.32. The van der Waals surface area contributed by atoms with Crippen LogP contribution in [0.15, 0.2) is 35.4 Å². The molecule has 1 aromatic carbocycles. The van der Waals surface area contributed by atoms with E-state index in [-0.39, 0.29) is 0 Å². The van der Waals surface area contributed by atoms with Crippen LogP contribution in [-0.2, 0) is 0 Å². The van der Waals surface area contributed by atoms with Gasteiger partial charge in [0, 0.05) is 12.5 Å². The van der Waals surface area contributed by atoms with Crippen LogP contribution in [0.1, 0.15) is 11.5 Å². The molecule has 2 rings (SSSR count). The van der Waals surface area contributed by atoms with Crippen molar-refractivity contribution in [3.05, 3.63) is 35.9 Å². The topological polar surface area (TPSA) is 24.4 Å². The lowest BCUT2D eigenvalue weighted by molar-refractivity contribution is 0.763. The third-order valence-electron chi connectivity index (χ3n) is 2.26. The van der Waals surface area contributed by atoms with Crippen LogP contribution in [0.5, 0.6) is 0 Å². The molecule has 0 spiro atoms. The molecule has 1 unspecified atom stereocenters. The van der Waals surface area contributed by atoms with E-state index in [0.29, 0.717) is 11.8 Å². The SMILES string of the molecule is ClCC1=NNCC1c1ccccc1. The molecule has 0 saturated carbocycles. The molecule has 1 aromatic rings. The van der Waals surface area contributed by atoms with E-state index in [1.807, 2.05) is 18.2 Å². The highest BCUT2D eigenvalue weighted by atomic mass is 35.5. The fourth-order valence-electron chi connectivity index (χ4n) is 1.55. The number of nitrogens with one attached hydrogen (secondary N) is 1. The number of hydrogen-bond donors (Lipinski definition) is 1. The molecule has 1 atom stereocenters. The van der Waals surface area contributed by atoms with E-state index >= 15 is 0 Å². The molecule has 0 aliphatic carbocycles. The average Bonchev–Trinajstić information content (AvgIpc) is 2.67. The first-order chi connectivity index (χ1) is 6.42. The van der Waals surface area contributed by atoms with Gasteiger partial charge in [-0.2, -0.15) is 5.10 Å². The van der Waals surface area contributed by atoms with E-state index < -0.39 is 0 Å². The van der Waals surface area contributed by atoms with E-state index in [4.69, 9.17) is 11.6 Å². The van der Waals surface area contributed by atoms with Crippen molar-refractivity contribution in [1.29, 1.82) is 0 Å². The van der Waals surface area contributed by atoms with Gasteiger partial charge in [-0.3, -0.25) is 0 Å². The summed E-state index contributed by atoms with van der Waals surface area (Å²) >= 11 is 5.78. The van der Waals surface area contributed by atoms with E-state index in [1.165, 1.54) is 5.56 Å². The average molecular weight is 195 g/mol. The van der Waals surface area contributed by atoms with E-state index in [9.17, 15) is 0 Å². The molecule has 0 bridgehead atoms. The molecule has 3 heteroatoms. The minimum Gasteiger partial charge on any atom is -0.309 e. The summed E-state index contributed by atoms with van der Waals surface area (Å²) in [6, 6.07) is 10.3. The standard InChI is InChI=1S/C10H11ClN2/c11-6-10-9(7-12-13-10)8-4-2-1-3-5-8/h1-5,9,12H,6-7H2. The van der Waals surface area contributed by atoms with Crippen molar-refractivity contribution in [3.63, 3.8) is 0 Å². The number of rotatable bonds is 2. The van der Waals surface area contributed by atoms with E-state index in [1.54, 1.807) is 0 Å². The highest BCUT2D eigenvalue weighted by Crippen LogP contribution is 2.20. The molecule has 0 aromatic heterocycles. The van der Waals surface area contributed by atoms with Crippen molar-refractivity contribution >= 4 is 17.3 Å². The normalized spacial score (nSPS) is 21.0. The Morgan fingerprint density at radius 1 is 1.38 bits per heavy atom. The Bertz CT molecular complexity index is 308. The smallest absolute Gasteiger partial charge is 0.0632 e. The van der Waals surface area contributed by atoms with E-state index in [2.05, 4.69) is 22.7 Å². The molecule has 13 heavy (non-hydrogen) atoms. The molecule has 68 valence electrons. The molecule has 0 fully saturated rings. The van der Waals surface area contributed by atoms with Gasteiger partial charge in [-0.1, -0.05) is 30.3 Å². The zero-order valence-electron chi connectivity index (χ0n) is 7.20. The highest BCUT2D eigenvalue weighted by Gasteiger charge is 2.21. The van der Waals surface area contributed by atoms with Gasteiger partial charge in [0.2, 0.25) is 0 Å². The summed E-state index contributed by atoms with van der Waals surface area (Å²) in [4.78, 5) is 0. The Morgan fingerprint density at radius 3 is 2.85 bits per heavy atom. The van der Waals surface area contributed by atoms with Crippen LogP contribution in [0, 0.1) is 0 Å². The van der Waals surface area contributed by atoms with Gasteiger partial charge < -0.3 is 5.43 Å². The summed E-state index contributed by atoms with van der Waals surface area (Å²) in [5.41, 5.74) is 5.29. The predicted octanol–water partition coefficient (Wildman–Crippen LogP) is 1.97. The second-order valence-electron chi connectivity index (χ2n) is 3.06. The third-order valence-corrected chi connectivity index (χ3v) is 2.53. The number of hydrogen-bond acceptors (Lipinski definition) is 2. The lowest BCUT2D eigenvalue weighted by Crippen LogP contribution is -2.14. The van der Waals surface area contributed by atoms with Gasteiger partial charge in [0.1, 0.15) is 0 Å². The lowest BCUT2D eigenvalue weighted by Gasteiger charge is -2.09. The number of hydrazone groups is 1. The fourth-order valence-corrected chi connectivity index (χ4v) is 1.80. The Morgan fingerprint density at radius 2 is 2.15 bits per heavy atom. The van der Waals surface area contributed by atoms with Crippen molar-refractivity contribution in [1.82, 2.24) is 5.43 Å². The molecule has 0 amide bonds. The maximum absolute atomic E-state index is 5.78. The van der Waals surface area contributed by atoms with Crippen molar-refractivity contribution in [2.45, 2.75) is 5.92 Å². The van der Waals surface area contributed by atoms with Crippen LogP contribution in [0.25, 0.3) is 0 Å². The maximum Gasteiger partial charge on any atom is 0.0632 e. The summed E-state index contributed by atoms with van der Waals surface area (Å²) in [6.07, 6.45) is 0. The summed E-state index contributed by atoms with van der Waals surface area (Å²) in [6.45, 7) is 0.867. The van der Waals surface area contributed by atoms with Crippen molar-refractivity contribution in [3.8, 4) is 0 Å².